The molecule has 0 bridgehead atoms. The Labute approximate surface area is 110 Å². The van der Waals surface area contributed by atoms with E-state index in [1.807, 2.05) is 0 Å². The Bertz CT molecular complexity index is 381. The number of rotatable bonds is 6. The van der Waals surface area contributed by atoms with Gasteiger partial charge in [-0.25, -0.2) is 0 Å². The van der Waals surface area contributed by atoms with Gasteiger partial charge in [-0.05, 0) is 31.5 Å². The molecule has 96 valence electrons. The highest BCUT2D eigenvalue weighted by Gasteiger charge is 2.26. The van der Waals surface area contributed by atoms with Crippen LogP contribution in [0.3, 0.4) is 0 Å². The van der Waals surface area contributed by atoms with Crippen molar-refractivity contribution in [2.45, 2.75) is 18.9 Å². The fourth-order valence-corrected chi connectivity index (χ4v) is 3.21. The number of benzene rings is 1. The molecule has 4 nitrogen and oxygen atoms in total. The van der Waals surface area contributed by atoms with Gasteiger partial charge in [0.2, 0.25) is 0 Å². The van der Waals surface area contributed by atoms with Crippen LogP contribution in [-0.2, 0) is 13.6 Å². The van der Waals surface area contributed by atoms with Gasteiger partial charge in [0.15, 0.2) is 0 Å². The van der Waals surface area contributed by atoms with E-state index in [9.17, 15) is 9.67 Å². The molecule has 1 aromatic carbocycles. The SMILES string of the molecule is CCOP(=O)(OCC)c1ccc(C(O)Br)cc1. The van der Waals surface area contributed by atoms with Gasteiger partial charge in [0, 0.05) is 0 Å². The van der Waals surface area contributed by atoms with Crippen molar-refractivity contribution in [2.75, 3.05) is 13.2 Å². The highest BCUT2D eigenvalue weighted by Crippen LogP contribution is 2.46. The standard InChI is InChI=1S/C11H16BrO4P/c1-3-15-17(14,16-4-2)10-7-5-9(6-8-10)11(12)13/h5-8,11,13H,3-4H2,1-2H3. The summed E-state index contributed by atoms with van der Waals surface area (Å²) in [6.45, 7) is 4.17. The molecule has 0 heterocycles. The molecule has 0 fully saturated rings. The van der Waals surface area contributed by atoms with E-state index in [-0.39, 0.29) is 0 Å². The first-order valence-corrected chi connectivity index (χ1v) is 7.81. The van der Waals surface area contributed by atoms with Crippen LogP contribution in [0, 0.1) is 0 Å². The lowest BCUT2D eigenvalue weighted by Crippen LogP contribution is -2.10. The monoisotopic (exact) mass is 322 g/mol. The van der Waals surface area contributed by atoms with Crippen LogP contribution in [0.2, 0.25) is 0 Å². The molecule has 0 spiro atoms. The van der Waals surface area contributed by atoms with Crippen molar-refractivity contribution in [3.8, 4) is 0 Å². The van der Waals surface area contributed by atoms with E-state index in [2.05, 4.69) is 15.9 Å². The number of aliphatic hydroxyl groups is 1. The molecule has 1 aromatic rings. The molecule has 17 heavy (non-hydrogen) atoms. The predicted molar refractivity (Wildman–Crippen MR) is 70.8 cm³/mol. The molecule has 0 aliphatic carbocycles. The topological polar surface area (TPSA) is 55.8 Å². The summed E-state index contributed by atoms with van der Waals surface area (Å²) in [5, 5.41) is 9.08. The lowest BCUT2D eigenvalue weighted by molar-refractivity contribution is 0.230. The summed E-state index contributed by atoms with van der Waals surface area (Å²) >= 11 is 3.04. The third kappa shape index (κ3) is 3.90. The summed E-state index contributed by atoms with van der Waals surface area (Å²) < 4.78 is 22.8. The van der Waals surface area contributed by atoms with Crippen molar-refractivity contribution in [1.29, 1.82) is 0 Å². The minimum Gasteiger partial charge on any atom is -0.377 e. The van der Waals surface area contributed by atoms with Gasteiger partial charge in [-0.3, -0.25) is 4.57 Å². The first kappa shape index (κ1) is 14.9. The van der Waals surface area contributed by atoms with Gasteiger partial charge in [0.25, 0.3) is 0 Å². The molecule has 0 saturated carbocycles. The molecule has 0 radical (unpaired) electrons. The second-order valence-electron chi connectivity index (χ2n) is 3.26. The van der Waals surface area contributed by atoms with E-state index in [1.165, 1.54) is 0 Å². The quantitative estimate of drug-likeness (QED) is 0.646. The zero-order valence-electron chi connectivity index (χ0n) is 9.80. The average molecular weight is 323 g/mol. The summed E-state index contributed by atoms with van der Waals surface area (Å²) in [5.74, 6) is 0. The minimum absolute atomic E-state index is 0.320. The zero-order valence-corrected chi connectivity index (χ0v) is 12.3. The minimum atomic E-state index is -3.22. The van der Waals surface area contributed by atoms with Gasteiger partial charge < -0.3 is 14.2 Å². The second kappa shape index (κ2) is 6.66. The zero-order chi connectivity index (χ0) is 12.9. The van der Waals surface area contributed by atoms with E-state index in [0.717, 1.165) is 0 Å². The summed E-state index contributed by atoms with van der Waals surface area (Å²) in [4.78, 5) is 0. The van der Waals surface area contributed by atoms with E-state index in [1.54, 1.807) is 38.1 Å². The molecular weight excluding hydrogens is 307 g/mol. The number of hydrogen-bond donors (Lipinski definition) is 1. The first-order chi connectivity index (χ1) is 8.03. The molecule has 6 heteroatoms. The predicted octanol–water partition coefficient (Wildman–Crippen LogP) is 2.96. The van der Waals surface area contributed by atoms with E-state index in [0.29, 0.717) is 24.1 Å². The fourth-order valence-electron chi connectivity index (χ4n) is 1.34. The van der Waals surface area contributed by atoms with Crippen LogP contribution in [-0.4, -0.2) is 18.3 Å². The van der Waals surface area contributed by atoms with Crippen LogP contribution >= 0.6 is 23.5 Å². The van der Waals surface area contributed by atoms with Gasteiger partial charge in [-0.15, -0.1) is 0 Å². The van der Waals surface area contributed by atoms with Crippen molar-refractivity contribution >= 4 is 28.8 Å². The Morgan fingerprint density at radius 2 is 1.71 bits per heavy atom. The van der Waals surface area contributed by atoms with Gasteiger partial charge in [0.05, 0.1) is 18.5 Å². The van der Waals surface area contributed by atoms with Gasteiger partial charge >= 0.3 is 7.60 Å². The third-order valence-electron chi connectivity index (χ3n) is 2.08. The Morgan fingerprint density at radius 3 is 2.06 bits per heavy atom. The van der Waals surface area contributed by atoms with Crippen LogP contribution in [0.15, 0.2) is 24.3 Å². The number of alkyl halides is 1. The average Bonchev–Trinajstić information content (AvgIpc) is 2.30. The molecule has 0 aromatic heterocycles. The van der Waals surface area contributed by atoms with Gasteiger partial charge in [0.1, 0.15) is 5.01 Å². The molecule has 1 atom stereocenters. The summed E-state index contributed by atoms with van der Waals surface area (Å²) in [6.07, 6.45) is 0. The maximum atomic E-state index is 12.4. The first-order valence-electron chi connectivity index (χ1n) is 5.35. The van der Waals surface area contributed by atoms with Gasteiger partial charge in [-0.1, -0.05) is 28.1 Å². The van der Waals surface area contributed by atoms with Crippen molar-refractivity contribution in [3.63, 3.8) is 0 Å². The molecule has 1 unspecified atom stereocenters. The highest BCUT2D eigenvalue weighted by molar-refractivity contribution is 9.09. The Hall–Kier alpha value is -0.190. The Morgan fingerprint density at radius 1 is 1.24 bits per heavy atom. The molecule has 1 rings (SSSR count). The van der Waals surface area contributed by atoms with Crippen LogP contribution in [0.4, 0.5) is 0 Å². The van der Waals surface area contributed by atoms with Gasteiger partial charge in [-0.2, -0.15) is 0 Å². The largest absolute Gasteiger partial charge is 0.377 e. The molecule has 1 N–H and O–H groups in total. The molecule has 0 amide bonds. The normalized spacial score (nSPS) is 13.6. The Balaban J connectivity index is 2.99. The third-order valence-corrected chi connectivity index (χ3v) is 4.74. The molecule has 0 aliphatic rings. The van der Waals surface area contributed by atoms with Crippen molar-refractivity contribution in [1.82, 2.24) is 0 Å². The fraction of sp³-hybridized carbons (Fsp3) is 0.455. The van der Waals surface area contributed by atoms with Crippen molar-refractivity contribution in [3.05, 3.63) is 29.8 Å². The maximum absolute atomic E-state index is 12.4. The van der Waals surface area contributed by atoms with Crippen molar-refractivity contribution < 1.29 is 18.7 Å². The van der Waals surface area contributed by atoms with Crippen LogP contribution < -0.4 is 5.30 Å². The summed E-state index contributed by atoms with van der Waals surface area (Å²) in [7, 11) is -3.22. The van der Waals surface area contributed by atoms with Crippen LogP contribution in [0.5, 0.6) is 0 Å². The lowest BCUT2D eigenvalue weighted by Gasteiger charge is -2.17. The number of hydrogen-bond acceptors (Lipinski definition) is 4. The smallest absolute Gasteiger partial charge is 0.361 e. The van der Waals surface area contributed by atoms with E-state index in [4.69, 9.17) is 9.05 Å². The summed E-state index contributed by atoms with van der Waals surface area (Å²) in [6, 6.07) is 6.65. The molecule has 0 saturated heterocycles. The Kier molecular flexibility index (Phi) is 5.83. The molecule has 0 aliphatic heterocycles. The van der Waals surface area contributed by atoms with E-state index < -0.39 is 12.6 Å². The highest BCUT2D eigenvalue weighted by atomic mass is 79.9. The van der Waals surface area contributed by atoms with Crippen molar-refractivity contribution in [2.24, 2.45) is 0 Å². The molecular formula is C11H16BrO4P. The van der Waals surface area contributed by atoms with E-state index >= 15 is 0 Å². The number of halogens is 1. The van der Waals surface area contributed by atoms with Crippen LogP contribution in [0.25, 0.3) is 0 Å². The van der Waals surface area contributed by atoms with Crippen LogP contribution in [0.1, 0.15) is 24.4 Å². The maximum Gasteiger partial charge on any atom is 0.361 e. The summed E-state index contributed by atoms with van der Waals surface area (Å²) in [5.41, 5.74) is 0.688. The second-order valence-corrected chi connectivity index (χ2v) is 6.16. The lowest BCUT2D eigenvalue weighted by atomic mass is 10.2. The number of aliphatic hydroxyl groups excluding tert-OH is 1.